The van der Waals surface area contributed by atoms with Crippen molar-refractivity contribution < 1.29 is 0 Å². The molecule has 2 nitrogen and oxygen atoms in total. The smallest absolute Gasteiger partial charge is 0.0354 e. The van der Waals surface area contributed by atoms with Gasteiger partial charge in [0.05, 0.1) is 0 Å². The van der Waals surface area contributed by atoms with Crippen molar-refractivity contribution in [1.29, 1.82) is 0 Å². The van der Waals surface area contributed by atoms with E-state index in [9.17, 15) is 0 Å². The van der Waals surface area contributed by atoms with Gasteiger partial charge in [-0.2, -0.15) is 0 Å². The summed E-state index contributed by atoms with van der Waals surface area (Å²) in [5.74, 6) is 0.929. The van der Waals surface area contributed by atoms with E-state index in [1.165, 1.54) is 45.1 Å². The fraction of sp³-hybridized carbons (Fsp3) is 1.00. The molecule has 2 rings (SSSR count). The zero-order valence-electron chi connectivity index (χ0n) is 11.3. The summed E-state index contributed by atoms with van der Waals surface area (Å²) in [4.78, 5) is 2.57. The normalized spacial score (nSPS) is 28.3. The molecule has 0 aromatic heterocycles. The highest BCUT2D eigenvalue weighted by Gasteiger charge is 2.54. The molecule has 1 unspecified atom stereocenters. The van der Waals surface area contributed by atoms with Crippen molar-refractivity contribution in [3.05, 3.63) is 0 Å². The molecule has 2 N–H and O–H groups in total. The van der Waals surface area contributed by atoms with Crippen molar-refractivity contribution in [2.75, 3.05) is 20.1 Å². The lowest BCUT2D eigenvalue weighted by molar-refractivity contribution is 0.0589. The van der Waals surface area contributed by atoms with Crippen LogP contribution < -0.4 is 5.73 Å². The Morgan fingerprint density at radius 1 is 1.31 bits per heavy atom. The van der Waals surface area contributed by atoms with E-state index in [0.717, 1.165) is 12.5 Å². The lowest BCUT2D eigenvalue weighted by Gasteiger charge is -2.44. The molecular weight excluding hydrogens is 196 g/mol. The van der Waals surface area contributed by atoms with Gasteiger partial charge in [-0.05, 0) is 51.0 Å². The average Bonchev–Trinajstić information content (AvgIpc) is 2.81. The molecule has 0 heterocycles. The van der Waals surface area contributed by atoms with Crippen LogP contribution in [0.25, 0.3) is 0 Å². The zero-order valence-corrected chi connectivity index (χ0v) is 11.3. The Balaban J connectivity index is 1.97. The molecule has 94 valence electrons. The molecule has 2 saturated carbocycles. The third-order valence-corrected chi connectivity index (χ3v) is 5.55. The van der Waals surface area contributed by atoms with Crippen molar-refractivity contribution in [2.24, 2.45) is 17.1 Å². The van der Waals surface area contributed by atoms with Crippen molar-refractivity contribution >= 4 is 0 Å². The predicted molar refractivity (Wildman–Crippen MR) is 69.4 cm³/mol. The first-order chi connectivity index (χ1) is 7.52. The van der Waals surface area contributed by atoms with Crippen molar-refractivity contribution in [1.82, 2.24) is 4.90 Å². The Labute approximate surface area is 101 Å². The van der Waals surface area contributed by atoms with Crippen LogP contribution in [-0.2, 0) is 0 Å². The largest absolute Gasteiger partial charge is 0.329 e. The van der Waals surface area contributed by atoms with E-state index >= 15 is 0 Å². The summed E-state index contributed by atoms with van der Waals surface area (Å²) >= 11 is 0. The Bertz CT molecular complexity index is 241. The molecule has 0 aliphatic heterocycles. The third kappa shape index (κ3) is 2.02. The van der Waals surface area contributed by atoms with Crippen molar-refractivity contribution in [3.63, 3.8) is 0 Å². The molecule has 0 bridgehead atoms. The Hall–Kier alpha value is -0.0800. The van der Waals surface area contributed by atoms with Gasteiger partial charge in [-0.1, -0.05) is 19.8 Å². The second-order valence-electron chi connectivity index (χ2n) is 6.57. The van der Waals surface area contributed by atoms with Gasteiger partial charge in [0.2, 0.25) is 0 Å². The maximum Gasteiger partial charge on any atom is 0.0354 e. The number of nitrogens with two attached hydrogens (primary N) is 1. The molecule has 0 aromatic rings. The lowest BCUT2D eigenvalue weighted by Crippen LogP contribution is -2.56. The topological polar surface area (TPSA) is 29.3 Å². The van der Waals surface area contributed by atoms with Crippen LogP contribution in [0.4, 0.5) is 0 Å². The van der Waals surface area contributed by atoms with Gasteiger partial charge in [0.1, 0.15) is 0 Å². The highest BCUT2D eigenvalue weighted by atomic mass is 15.2. The molecule has 2 fully saturated rings. The fourth-order valence-corrected chi connectivity index (χ4v) is 3.37. The number of nitrogens with zero attached hydrogens (tertiary/aromatic N) is 1. The second-order valence-corrected chi connectivity index (χ2v) is 6.57. The number of hydrogen-bond acceptors (Lipinski definition) is 2. The Morgan fingerprint density at radius 3 is 2.31 bits per heavy atom. The second kappa shape index (κ2) is 4.30. The summed E-state index contributed by atoms with van der Waals surface area (Å²) in [6.45, 7) is 6.83. The molecule has 2 heteroatoms. The summed E-state index contributed by atoms with van der Waals surface area (Å²) in [6, 6.07) is 0. The molecule has 1 atom stereocenters. The first kappa shape index (κ1) is 12.4. The van der Waals surface area contributed by atoms with Gasteiger partial charge in [-0.15, -0.1) is 0 Å². The van der Waals surface area contributed by atoms with Crippen LogP contribution in [0, 0.1) is 11.3 Å². The van der Waals surface area contributed by atoms with Crippen molar-refractivity contribution in [3.8, 4) is 0 Å². The van der Waals surface area contributed by atoms with E-state index in [1.807, 2.05) is 0 Å². The standard InChI is InChI=1S/C14H28N2/c1-13(8-9-13)14(2,11-15)16(3)10-12-6-4-5-7-12/h12H,4-11,15H2,1-3H3. The molecule has 0 saturated heterocycles. The zero-order chi connectivity index (χ0) is 11.8. The maximum atomic E-state index is 6.07. The van der Waals surface area contributed by atoms with Gasteiger partial charge in [-0.3, -0.25) is 4.90 Å². The van der Waals surface area contributed by atoms with Crippen LogP contribution in [0.3, 0.4) is 0 Å². The van der Waals surface area contributed by atoms with E-state index in [0.29, 0.717) is 5.41 Å². The summed E-state index contributed by atoms with van der Waals surface area (Å²) in [6.07, 6.45) is 8.46. The first-order valence-corrected chi connectivity index (χ1v) is 6.93. The van der Waals surface area contributed by atoms with Crippen LogP contribution in [0.15, 0.2) is 0 Å². The van der Waals surface area contributed by atoms with Crippen LogP contribution in [0.5, 0.6) is 0 Å². The Kier molecular flexibility index (Phi) is 3.33. The quantitative estimate of drug-likeness (QED) is 0.778. The van der Waals surface area contributed by atoms with Gasteiger partial charge in [-0.25, -0.2) is 0 Å². The van der Waals surface area contributed by atoms with E-state index in [4.69, 9.17) is 5.73 Å². The highest BCUT2D eigenvalue weighted by molar-refractivity contribution is 5.09. The van der Waals surface area contributed by atoms with Gasteiger partial charge in [0, 0.05) is 18.6 Å². The van der Waals surface area contributed by atoms with Gasteiger partial charge in [0.15, 0.2) is 0 Å². The molecule has 2 aliphatic rings. The Morgan fingerprint density at radius 2 is 1.88 bits per heavy atom. The van der Waals surface area contributed by atoms with Gasteiger partial charge in [0.25, 0.3) is 0 Å². The van der Waals surface area contributed by atoms with E-state index in [2.05, 4.69) is 25.8 Å². The summed E-state index contributed by atoms with van der Waals surface area (Å²) < 4.78 is 0. The molecule has 0 amide bonds. The van der Waals surface area contributed by atoms with E-state index in [1.54, 1.807) is 0 Å². The van der Waals surface area contributed by atoms with Gasteiger partial charge >= 0.3 is 0 Å². The molecular formula is C14H28N2. The van der Waals surface area contributed by atoms with E-state index < -0.39 is 0 Å². The SMILES string of the molecule is CN(CC1CCCC1)C(C)(CN)C1(C)CC1. The van der Waals surface area contributed by atoms with Crippen LogP contribution in [-0.4, -0.2) is 30.6 Å². The molecule has 0 spiro atoms. The first-order valence-electron chi connectivity index (χ1n) is 6.93. The summed E-state index contributed by atoms with van der Waals surface area (Å²) in [7, 11) is 2.29. The minimum absolute atomic E-state index is 0.218. The minimum Gasteiger partial charge on any atom is -0.329 e. The number of rotatable bonds is 5. The summed E-state index contributed by atoms with van der Waals surface area (Å²) in [5.41, 5.74) is 6.77. The summed E-state index contributed by atoms with van der Waals surface area (Å²) in [5, 5.41) is 0. The van der Waals surface area contributed by atoms with Gasteiger partial charge < -0.3 is 5.73 Å². The predicted octanol–water partition coefficient (Wildman–Crippen LogP) is 2.63. The van der Waals surface area contributed by atoms with Crippen molar-refractivity contribution in [2.45, 2.75) is 57.9 Å². The number of hydrogen-bond donors (Lipinski definition) is 1. The van der Waals surface area contributed by atoms with Crippen LogP contribution in [0.1, 0.15) is 52.4 Å². The monoisotopic (exact) mass is 224 g/mol. The fourth-order valence-electron chi connectivity index (χ4n) is 3.37. The lowest BCUT2D eigenvalue weighted by atomic mass is 9.82. The van der Waals surface area contributed by atoms with Crippen LogP contribution >= 0.6 is 0 Å². The minimum atomic E-state index is 0.218. The molecule has 0 aromatic carbocycles. The molecule has 0 radical (unpaired) electrons. The average molecular weight is 224 g/mol. The molecule has 16 heavy (non-hydrogen) atoms. The molecule has 2 aliphatic carbocycles. The highest BCUT2D eigenvalue weighted by Crippen LogP contribution is 2.55. The van der Waals surface area contributed by atoms with E-state index in [-0.39, 0.29) is 5.54 Å². The third-order valence-electron chi connectivity index (χ3n) is 5.55. The number of likely N-dealkylation sites (N-methyl/N-ethyl adjacent to an activating group) is 1. The maximum absolute atomic E-state index is 6.07. The van der Waals surface area contributed by atoms with Crippen LogP contribution in [0.2, 0.25) is 0 Å².